The smallest absolute Gasteiger partial charge is 0.353 e. The van der Waals surface area contributed by atoms with Crippen molar-refractivity contribution in [3.05, 3.63) is 35.4 Å². The van der Waals surface area contributed by atoms with Crippen molar-refractivity contribution in [2.24, 2.45) is 0 Å². The lowest BCUT2D eigenvalue weighted by atomic mass is 10.1. The van der Waals surface area contributed by atoms with Crippen molar-refractivity contribution in [2.75, 3.05) is 54.2 Å². The van der Waals surface area contributed by atoms with Crippen LogP contribution in [0.2, 0.25) is 0 Å². The molecule has 7 nitrogen and oxygen atoms in total. The summed E-state index contributed by atoms with van der Waals surface area (Å²) in [6.45, 7) is 1.51. The highest BCUT2D eigenvalue weighted by molar-refractivity contribution is 7.99. The summed E-state index contributed by atoms with van der Waals surface area (Å²) in [5, 5.41) is 14.4. The fourth-order valence-electron chi connectivity index (χ4n) is 3.88. The second-order valence-electron chi connectivity index (χ2n) is 8.53. The second kappa shape index (κ2) is 9.76. The normalized spacial score (nSPS) is 17.7. The molecule has 2 saturated heterocycles. The third-order valence-electron chi connectivity index (χ3n) is 5.97. The summed E-state index contributed by atoms with van der Waals surface area (Å²) in [6.07, 6.45) is -1.28. The molecule has 0 amide bonds. The van der Waals surface area contributed by atoms with E-state index in [1.807, 2.05) is 25.9 Å². The molecule has 0 atom stereocenters. The van der Waals surface area contributed by atoms with Crippen molar-refractivity contribution in [3.63, 3.8) is 0 Å². The number of hydrogen-bond donors (Lipinski definition) is 3. The van der Waals surface area contributed by atoms with Crippen LogP contribution in [0.1, 0.15) is 24.0 Å². The van der Waals surface area contributed by atoms with Gasteiger partial charge in [-0.15, -0.1) is 0 Å². The van der Waals surface area contributed by atoms with Crippen molar-refractivity contribution in [3.8, 4) is 0 Å². The van der Waals surface area contributed by atoms with Crippen LogP contribution in [0.3, 0.4) is 0 Å². The number of rotatable bonds is 7. The van der Waals surface area contributed by atoms with E-state index in [9.17, 15) is 13.2 Å². The van der Waals surface area contributed by atoms with Crippen LogP contribution in [-0.2, 0) is 6.18 Å². The van der Waals surface area contributed by atoms with E-state index in [2.05, 4.69) is 25.4 Å². The van der Waals surface area contributed by atoms with Gasteiger partial charge >= 0.3 is 6.18 Å². The van der Waals surface area contributed by atoms with Gasteiger partial charge in [-0.25, -0.2) is 0 Å². The molecule has 2 aliphatic rings. The molecule has 11 heteroatoms. The van der Waals surface area contributed by atoms with Gasteiger partial charge < -0.3 is 25.8 Å². The minimum atomic E-state index is -4.44. The van der Waals surface area contributed by atoms with Gasteiger partial charge in [0.1, 0.15) is 11.6 Å². The number of hydrogen-bond acceptors (Lipinski definition) is 8. The van der Waals surface area contributed by atoms with E-state index in [1.54, 1.807) is 6.07 Å². The number of thioether (sulfide) groups is 1. The maximum atomic E-state index is 13.2. The Kier molecular flexibility index (Phi) is 6.99. The van der Waals surface area contributed by atoms with Crippen LogP contribution in [0, 0.1) is 5.41 Å². The zero-order chi connectivity index (χ0) is 23.6. The van der Waals surface area contributed by atoms with Gasteiger partial charge in [0, 0.05) is 37.1 Å². The van der Waals surface area contributed by atoms with Gasteiger partial charge in [-0.1, -0.05) is 6.07 Å². The van der Waals surface area contributed by atoms with Gasteiger partial charge in [0.15, 0.2) is 0 Å². The average molecular weight is 480 g/mol. The second-order valence-corrected chi connectivity index (χ2v) is 9.76. The zero-order valence-corrected chi connectivity index (χ0v) is 19.4. The monoisotopic (exact) mass is 479 g/mol. The molecule has 1 aromatic carbocycles. The minimum absolute atomic E-state index is 0.247. The number of aromatic nitrogens is 2. The molecule has 178 valence electrons. The Morgan fingerprint density at radius 2 is 1.91 bits per heavy atom. The summed E-state index contributed by atoms with van der Waals surface area (Å²) in [5.41, 5.74) is -0.0328. The van der Waals surface area contributed by atoms with E-state index >= 15 is 0 Å². The molecule has 4 rings (SSSR count). The molecule has 0 bridgehead atoms. The number of likely N-dealkylation sites (N-methyl/N-ethyl adjacent to an activating group) is 1. The lowest BCUT2D eigenvalue weighted by Crippen LogP contribution is -2.58. The van der Waals surface area contributed by atoms with Gasteiger partial charge in [-0.2, -0.15) is 34.9 Å². The fraction of sp³-hybridized carbons (Fsp3) is 0.500. The maximum absolute atomic E-state index is 13.2. The van der Waals surface area contributed by atoms with Crippen molar-refractivity contribution in [1.82, 2.24) is 14.9 Å². The third kappa shape index (κ3) is 5.52. The summed E-state index contributed by atoms with van der Waals surface area (Å²) in [6, 6.07) is 5.62. The lowest BCUT2D eigenvalue weighted by molar-refractivity contribution is -0.137. The van der Waals surface area contributed by atoms with Gasteiger partial charge in [-0.3, -0.25) is 0 Å². The van der Waals surface area contributed by atoms with Crippen LogP contribution in [0.4, 0.5) is 36.4 Å². The Morgan fingerprint density at radius 3 is 2.55 bits per heavy atom. The first-order valence-electron chi connectivity index (χ1n) is 10.9. The van der Waals surface area contributed by atoms with E-state index in [4.69, 9.17) is 10.4 Å². The Labute approximate surface area is 195 Å². The highest BCUT2D eigenvalue weighted by Crippen LogP contribution is 2.34. The molecule has 0 saturated carbocycles. The maximum Gasteiger partial charge on any atom is 0.416 e. The summed E-state index contributed by atoms with van der Waals surface area (Å²) in [7, 11) is 4.04. The van der Waals surface area contributed by atoms with E-state index < -0.39 is 11.7 Å². The van der Waals surface area contributed by atoms with E-state index in [0.29, 0.717) is 29.2 Å². The predicted octanol–water partition coefficient (Wildman–Crippen LogP) is 4.29. The number of anilines is 4. The first-order valence-corrected chi connectivity index (χ1v) is 12.0. The number of benzene rings is 1. The number of alkyl halides is 3. The van der Waals surface area contributed by atoms with Gasteiger partial charge in [0.25, 0.3) is 0 Å². The Balaban J connectivity index is 1.67. The van der Waals surface area contributed by atoms with Crippen molar-refractivity contribution < 1.29 is 13.2 Å². The molecular weight excluding hydrogens is 451 g/mol. The van der Waals surface area contributed by atoms with Gasteiger partial charge in [0.2, 0.25) is 5.95 Å². The standard InChI is InChI=1S/C22H28F3N7S/c1-31(2)17-12-32(13-17)20-18(11-26)19(27-16-5-3-4-14(10-16)22(23,24)25)29-21(30-20)28-15-6-8-33-9-7-15/h3-5,10-11,15,17,26H,6-9,12-13H2,1-2H3,(H2,27,28,29,30). The molecule has 2 fully saturated rings. The Hall–Kier alpha value is -2.53. The SMILES string of the molecule is CN(C)C1CN(c2nc(NC3CCSCC3)nc(Nc3cccc(C(F)(F)F)c3)c2C=N)C1. The van der Waals surface area contributed by atoms with Gasteiger partial charge in [-0.05, 0) is 56.6 Å². The van der Waals surface area contributed by atoms with Crippen molar-refractivity contribution in [1.29, 1.82) is 5.41 Å². The van der Waals surface area contributed by atoms with Crippen LogP contribution in [-0.4, -0.2) is 71.9 Å². The first-order chi connectivity index (χ1) is 15.7. The highest BCUT2D eigenvalue weighted by Gasteiger charge is 2.33. The highest BCUT2D eigenvalue weighted by atomic mass is 32.2. The molecule has 1 aromatic heterocycles. The third-order valence-corrected chi connectivity index (χ3v) is 7.02. The molecule has 0 unspecified atom stereocenters. The topological polar surface area (TPSA) is 80.2 Å². The molecule has 2 aliphatic heterocycles. The summed E-state index contributed by atoms with van der Waals surface area (Å²) < 4.78 is 39.6. The van der Waals surface area contributed by atoms with Crippen LogP contribution < -0.4 is 15.5 Å². The molecule has 0 aliphatic carbocycles. The van der Waals surface area contributed by atoms with Gasteiger partial charge in [0.05, 0.1) is 11.1 Å². The molecule has 2 aromatic rings. The van der Waals surface area contributed by atoms with Crippen LogP contribution >= 0.6 is 11.8 Å². The van der Waals surface area contributed by atoms with E-state index in [1.165, 1.54) is 6.07 Å². The lowest BCUT2D eigenvalue weighted by Gasteiger charge is -2.44. The first kappa shape index (κ1) is 23.6. The number of nitrogens with zero attached hydrogens (tertiary/aromatic N) is 4. The summed E-state index contributed by atoms with van der Waals surface area (Å²) in [5.74, 6) is 3.48. The Morgan fingerprint density at radius 1 is 1.18 bits per heavy atom. The van der Waals surface area contributed by atoms with Crippen LogP contribution in [0.25, 0.3) is 0 Å². The Bertz CT molecular complexity index is 986. The molecule has 3 heterocycles. The molecule has 0 radical (unpaired) electrons. The molecule has 33 heavy (non-hydrogen) atoms. The minimum Gasteiger partial charge on any atom is -0.353 e. The molecular formula is C22H28F3N7S. The zero-order valence-electron chi connectivity index (χ0n) is 18.6. The van der Waals surface area contributed by atoms with Crippen molar-refractivity contribution in [2.45, 2.75) is 31.1 Å². The number of nitrogens with one attached hydrogen (secondary N) is 3. The number of halogens is 3. The van der Waals surface area contributed by atoms with Crippen molar-refractivity contribution >= 4 is 41.2 Å². The molecule has 0 spiro atoms. The molecule has 3 N–H and O–H groups in total. The largest absolute Gasteiger partial charge is 0.416 e. The summed E-state index contributed by atoms with van der Waals surface area (Å²) >= 11 is 1.92. The fourth-order valence-corrected chi connectivity index (χ4v) is 4.99. The predicted molar refractivity (Wildman–Crippen MR) is 128 cm³/mol. The average Bonchev–Trinajstić information content (AvgIpc) is 2.73. The van der Waals surface area contributed by atoms with Crippen LogP contribution in [0.15, 0.2) is 24.3 Å². The van der Waals surface area contributed by atoms with Crippen LogP contribution in [0.5, 0.6) is 0 Å². The van der Waals surface area contributed by atoms with E-state index in [0.717, 1.165) is 55.8 Å². The quantitative estimate of drug-likeness (QED) is 0.511. The van der Waals surface area contributed by atoms with E-state index in [-0.39, 0.29) is 11.7 Å². The summed E-state index contributed by atoms with van der Waals surface area (Å²) in [4.78, 5) is 13.5.